The number of nitrogens with zero attached hydrogens (tertiary/aromatic N) is 3. The van der Waals surface area contributed by atoms with Gasteiger partial charge in [-0.15, -0.1) is 11.3 Å². The fraction of sp³-hybridized carbons (Fsp3) is 0.444. The number of carbonyl (C=O) groups is 1. The van der Waals surface area contributed by atoms with Crippen LogP contribution in [-0.4, -0.2) is 60.0 Å². The molecule has 0 radical (unpaired) electrons. The topological polar surface area (TPSA) is 48.5 Å². The lowest BCUT2D eigenvalue weighted by Crippen LogP contribution is -2.56. The predicted molar refractivity (Wildman–Crippen MR) is 95.7 cm³/mol. The van der Waals surface area contributed by atoms with Crippen molar-refractivity contribution in [3.05, 3.63) is 41.2 Å². The van der Waals surface area contributed by atoms with Gasteiger partial charge >= 0.3 is 0 Å². The van der Waals surface area contributed by atoms with Crippen LogP contribution in [0.5, 0.6) is 0 Å². The van der Waals surface area contributed by atoms with Crippen molar-refractivity contribution < 1.29 is 9.18 Å². The van der Waals surface area contributed by atoms with Crippen molar-refractivity contribution in [1.29, 1.82) is 0 Å². The summed E-state index contributed by atoms with van der Waals surface area (Å²) in [5, 5.41) is 6.14. The highest BCUT2D eigenvalue weighted by Gasteiger charge is 2.31. The monoisotopic (exact) mass is 360 g/mol. The zero-order valence-corrected chi connectivity index (χ0v) is 14.8. The van der Waals surface area contributed by atoms with E-state index in [9.17, 15) is 9.18 Å². The van der Waals surface area contributed by atoms with Gasteiger partial charge in [-0.1, -0.05) is 0 Å². The maximum atomic E-state index is 13.0. The first-order valence-corrected chi connectivity index (χ1v) is 9.49. The Morgan fingerprint density at radius 2 is 1.92 bits per heavy atom. The van der Waals surface area contributed by atoms with Gasteiger partial charge in [0.05, 0.1) is 11.6 Å². The molecular formula is C18H21FN4OS. The third-order valence-corrected chi connectivity index (χ3v) is 5.78. The van der Waals surface area contributed by atoms with Crippen molar-refractivity contribution in [3.63, 3.8) is 0 Å². The van der Waals surface area contributed by atoms with Crippen LogP contribution in [0.1, 0.15) is 5.69 Å². The molecule has 0 spiro atoms. The van der Waals surface area contributed by atoms with Gasteiger partial charge in [-0.05, 0) is 24.3 Å². The Bertz CT molecular complexity index is 736. The Morgan fingerprint density at radius 3 is 2.56 bits per heavy atom. The Morgan fingerprint density at radius 1 is 1.20 bits per heavy atom. The van der Waals surface area contributed by atoms with Gasteiger partial charge in [-0.25, -0.2) is 9.37 Å². The standard InChI is InChI=1S/C18H21FN4OS/c19-15-3-1-13(2-4-15)17-21-16(12-25-17)11-22-5-7-23(8-6-22)18(24)14-9-20-10-14/h1-4,12,14,20H,5-11H2. The molecule has 1 aromatic carbocycles. The second-order valence-electron chi connectivity index (χ2n) is 6.61. The fourth-order valence-corrected chi connectivity index (χ4v) is 4.00. The summed E-state index contributed by atoms with van der Waals surface area (Å²) >= 11 is 1.59. The summed E-state index contributed by atoms with van der Waals surface area (Å²) in [6.45, 7) is 5.80. The average Bonchev–Trinajstić information content (AvgIpc) is 3.03. The lowest BCUT2D eigenvalue weighted by atomic mass is 10.0. The van der Waals surface area contributed by atoms with Gasteiger partial charge < -0.3 is 10.2 Å². The van der Waals surface area contributed by atoms with E-state index in [2.05, 4.69) is 20.6 Å². The van der Waals surface area contributed by atoms with E-state index in [1.54, 1.807) is 23.5 Å². The Kier molecular flexibility index (Phi) is 4.78. The van der Waals surface area contributed by atoms with Crippen molar-refractivity contribution in [2.24, 2.45) is 5.92 Å². The van der Waals surface area contributed by atoms with Crippen LogP contribution in [0, 0.1) is 11.7 Å². The molecule has 2 fully saturated rings. The lowest BCUT2D eigenvalue weighted by Gasteiger charge is -2.38. The summed E-state index contributed by atoms with van der Waals surface area (Å²) in [6, 6.07) is 6.45. The van der Waals surface area contributed by atoms with Crippen molar-refractivity contribution in [1.82, 2.24) is 20.1 Å². The van der Waals surface area contributed by atoms with E-state index in [-0.39, 0.29) is 11.7 Å². The number of nitrogens with one attached hydrogen (secondary N) is 1. The zero-order valence-electron chi connectivity index (χ0n) is 13.9. The molecule has 2 aliphatic rings. The molecule has 0 atom stereocenters. The van der Waals surface area contributed by atoms with Crippen molar-refractivity contribution in [2.75, 3.05) is 39.3 Å². The van der Waals surface area contributed by atoms with E-state index >= 15 is 0 Å². The second kappa shape index (κ2) is 7.19. The normalized spacial score (nSPS) is 19.0. The molecule has 0 aliphatic carbocycles. The number of rotatable bonds is 4. The number of piperazine rings is 1. The maximum absolute atomic E-state index is 13.0. The summed E-state index contributed by atoms with van der Waals surface area (Å²) < 4.78 is 13.0. The second-order valence-corrected chi connectivity index (χ2v) is 7.47. The molecule has 3 heterocycles. The molecule has 132 valence electrons. The smallest absolute Gasteiger partial charge is 0.228 e. The van der Waals surface area contributed by atoms with Crippen LogP contribution in [0.4, 0.5) is 4.39 Å². The first-order valence-electron chi connectivity index (χ1n) is 8.61. The number of thiazole rings is 1. The maximum Gasteiger partial charge on any atom is 0.228 e. The average molecular weight is 360 g/mol. The molecule has 2 aliphatic heterocycles. The van der Waals surface area contributed by atoms with Gasteiger partial charge in [-0.3, -0.25) is 9.69 Å². The summed E-state index contributed by atoms with van der Waals surface area (Å²) in [6.07, 6.45) is 0. The minimum atomic E-state index is -0.231. The Hall–Kier alpha value is -1.83. The predicted octanol–water partition coefficient (Wildman–Crippen LogP) is 1.81. The molecule has 0 bridgehead atoms. The van der Waals surface area contributed by atoms with E-state index in [1.807, 2.05) is 4.90 Å². The number of hydrogen-bond acceptors (Lipinski definition) is 5. The molecular weight excluding hydrogens is 339 g/mol. The van der Waals surface area contributed by atoms with Crippen LogP contribution in [0.3, 0.4) is 0 Å². The summed E-state index contributed by atoms with van der Waals surface area (Å²) in [4.78, 5) is 21.3. The van der Waals surface area contributed by atoms with E-state index < -0.39 is 0 Å². The highest BCUT2D eigenvalue weighted by Crippen LogP contribution is 2.24. The van der Waals surface area contributed by atoms with Gasteiger partial charge in [0, 0.05) is 56.8 Å². The quantitative estimate of drug-likeness (QED) is 0.904. The van der Waals surface area contributed by atoms with Gasteiger partial charge in [-0.2, -0.15) is 0 Å². The van der Waals surface area contributed by atoms with Crippen molar-refractivity contribution in [3.8, 4) is 10.6 Å². The highest BCUT2D eigenvalue weighted by atomic mass is 32.1. The van der Waals surface area contributed by atoms with Gasteiger partial charge in [0.15, 0.2) is 0 Å². The van der Waals surface area contributed by atoms with Gasteiger partial charge in [0.1, 0.15) is 10.8 Å². The lowest BCUT2D eigenvalue weighted by molar-refractivity contribution is -0.138. The number of hydrogen-bond donors (Lipinski definition) is 1. The Balaban J connectivity index is 1.31. The number of halogens is 1. The van der Waals surface area contributed by atoms with E-state index in [0.29, 0.717) is 5.91 Å². The number of benzene rings is 1. The number of amides is 1. The summed E-state index contributed by atoms with van der Waals surface area (Å²) in [5.74, 6) is 0.250. The van der Waals surface area contributed by atoms with Crippen LogP contribution in [0.25, 0.3) is 10.6 Å². The SMILES string of the molecule is O=C(C1CNC1)N1CCN(Cc2csc(-c3ccc(F)cc3)n2)CC1. The third-order valence-electron chi connectivity index (χ3n) is 4.84. The van der Waals surface area contributed by atoms with Crippen LogP contribution in [0.15, 0.2) is 29.6 Å². The van der Waals surface area contributed by atoms with Crippen LogP contribution >= 0.6 is 11.3 Å². The molecule has 4 rings (SSSR count). The summed E-state index contributed by atoms with van der Waals surface area (Å²) in [7, 11) is 0. The van der Waals surface area contributed by atoms with Gasteiger partial charge in [0.25, 0.3) is 0 Å². The molecule has 2 saturated heterocycles. The van der Waals surface area contributed by atoms with E-state index in [0.717, 1.165) is 62.1 Å². The number of aromatic nitrogens is 1. The molecule has 0 unspecified atom stereocenters. The van der Waals surface area contributed by atoms with E-state index in [4.69, 9.17) is 0 Å². The molecule has 1 aromatic heterocycles. The van der Waals surface area contributed by atoms with E-state index in [1.165, 1.54) is 12.1 Å². The minimum absolute atomic E-state index is 0.184. The molecule has 2 aromatic rings. The highest BCUT2D eigenvalue weighted by molar-refractivity contribution is 7.13. The Labute approximate surface area is 150 Å². The molecule has 1 amide bonds. The fourth-order valence-electron chi connectivity index (χ4n) is 3.18. The van der Waals surface area contributed by atoms with Crippen molar-refractivity contribution in [2.45, 2.75) is 6.54 Å². The molecule has 5 nitrogen and oxygen atoms in total. The first kappa shape index (κ1) is 16.6. The molecule has 25 heavy (non-hydrogen) atoms. The van der Waals surface area contributed by atoms with Crippen LogP contribution < -0.4 is 5.32 Å². The number of carbonyl (C=O) groups excluding carboxylic acids is 1. The first-order chi connectivity index (χ1) is 12.2. The summed E-state index contributed by atoms with van der Waals surface area (Å²) in [5.41, 5.74) is 1.98. The molecule has 0 saturated carbocycles. The third kappa shape index (κ3) is 3.73. The van der Waals surface area contributed by atoms with Gasteiger partial charge in [0.2, 0.25) is 5.91 Å². The minimum Gasteiger partial charge on any atom is -0.340 e. The van der Waals surface area contributed by atoms with Crippen LogP contribution in [0.2, 0.25) is 0 Å². The molecule has 1 N–H and O–H groups in total. The zero-order chi connectivity index (χ0) is 17.2. The van der Waals surface area contributed by atoms with Crippen molar-refractivity contribution >= 4 is 17.2 Å². The van der Waals surface area contributed by atoms with Crippen LogP contribution in [-0.2, 0) is 11.3 Å². The largest absolute Gasteiger partial charge is 0.340 e. The molecule has 7 heteroatoms.